The highest BCUT2D eigenvalue weighted by atomic mass is 19.3. The van der Waals surface area contributed by atoms with Gasteiger partial charge in [-0.2, -0.15) is 13.5 Å². The van der Waals surface area contributed by atoms with Crippen LogP contribution in [0, 0.1) is 12.1 Å². The van der Waals surface area contributed by atoms with Gasteiger partial charge in [-0.25, -0.2) is 0 Å². The lowest BCUT2D eigenvalue weighted by Gasteiger charge is -2.10. The molecule has 0 saturated carbocycles. The summed E-state index contributed by atoms with van der Waals surface area (Å²) in [5.74, 6) is -0.169. The van der Waals surface area contributed by atoms with E-state index in [0.717, 1.165) is 0 Å². The molecular weight excluding hydrogens is 194 g/mol. The van der Waals surface area contributed by atoms with Crippen LogP contribution < -0.4 is 15.2 Å². The minimum Gasteiger partial charge on any atom is -0.618 e. The molecule has 0 bridgehead atoms. The number of alkyl halides is 2. The van der Waals surface area contributed by atoms with Gasteiger partial charge in [0.2, 0.25) is 5.69 Å². The SMILES string of the molecule is Cc1cc(OC(F)F)c(CN)[n+]([O-])c1. The van der Waals surface area contributed by atoms with Crippen LogP contribution in [0.4, 0.5) is 8.78 Å². The van der Waals surface area contributed by atoms with Crippen molar-refractivity contribution in [3.63, 3.8) is 0 Å². The lowest BCUT2D eigenvalue weighted by Crippen LogP contribution is -2.34. The lowest BCUT2D eigenvalue weighted by atomic mass is 10.2. The second-order valence-corrected chi connectivity index (χ2v) is 2.74. The topological polar surface area (TPSA) is 62.2 Å². The molecule has 0 aliphatic carbocycles. The number of rotatable bonds is 3. The standard InChI is InChI=1S/C8H10F2N2O2/c1-5-2-7(14-8(9)10)6(3-11)12(13)4-5/h2,4,8H,3,11H2,1H3. The molecule has 1 heterocycles. The first-order chi connectivity index (χ1) is 6.54. The van der Waals surface area contributed by atoms with Crippen LogP contribution in [0.15, 0.2) is 12.3 Å². The zero-order chi connectivity index (χ0) is 10.7. The molecule has 0 saturated heterocycles. The average molecular weight is 204 g/mol. The van der Waals surface area contributed by atoms with E-state index in [-0.39, 0.29) is 18.0 Å². The Morgan fingerprint density at radius 2 is 2.29 bits per heavy atom. The van der Waals surface area contributed by atoms with E-state index in [0.29, 0.717) is 10.3 Å². The first kappa shape index (κ1) is 10.6. The number of ether oxygens (including phenoxy) is 1. The van der Waals surface area contributed by atoms with Crippen LogP contribution in [-0.4, -0.2) is 6.61 Å². The van der Waals surface area contributed by atoms with Gasteiger partial charge in [0.25, 0.3) is 0 Å². The van der Waals surface area contributed by atoms with Crippen molar-refractivity contribution in [3.05, 3.63) is 28.7 Å². The van der Waals surface area contributed by atoms with Crippen molar-refractivity contribution in [2.24, 2.45) is 5.73 Å². The molecule has 14 heavy (non-hydrogen) atoms. The molecule has 0 aliphatic heterocycles. The number of aryl methyl sites for hydroxylation is 1. The van der Waals surface area contributed by atoms with E-state index in [9.17, 15) is 14.0 Å². The van der Waals surface area contributed by atoms with Crippen LogP contribution in [-0.2, 0) is 6.54 Å². The molecule has 0 radical (unpaired) electrons. The number of aromatic nitrogens is 1. The van der Waals surface area contributed by atoms with Crippen molar-refractivity contribution in [2.75, 3.05) is 0 Å². The molecule has 4 nitrogen and oxygen atoms in total. The van der Waals surface area contributed by atoms with E-state index in [1.807, 2.05) is 0 Å². The Morgan fingerprint density at radius 3 is 2.79 bits per heavy atom. The molecule has 0 fully saturated rings. The zero-order valence-corrected chi connectivity index (χ0v) is 7.54. The Hall–Kier alpha value is -1.43. The number of hydrogen-bond donors (Lipinski definition) is 1. The fourth-order valence-electron chi connectivity index (χ4n) is 1.09. The van der Waals surface area contributed by atoms with Crippen molar-refractivity contribution in [1.82, 2.24) is 0 Å². The predicted octanol–water partition coefficient (Wildman–Crippen LogP) is 0.689. The second-order valence-electron chi connectivity index (χ2n) is 2.74. The van der Waals surface area contributed by atoms with Crippen LogP contribution in [0.2, 0.25) is 0 Å². The van der Waals surface area contributed by atoms with Gasteiger partial charge in [-0.15, -0.1) is 0 Å². The first-order valence-electron chi connectivity index (χ1n) is 3.92. The van der Waals surface area contributed by atoms with Gasteiger partial charge in [0, 0.05) is 5.56 Å². The highest BCUT2D eigenvalue weighted by molar-refractivity contribution is 5.27. The quantitative estimate of drug-likeness (QED) is 0.582. The van der Waals surface area contributed by atoms with Gasteiger partial charge in [-0.1, -0.05) is 0 Å². The van der Waals surface area contributed by atoms with Crippen LogP contribution in [0.1, 0.15) is 11.3 Å². The molecule has 0 unspecified atom stereocenters. The fourth-order valence-corrected chi connectivity index (χ4v) is 1.09. The molecule has 2 N–H and O–H groups in total. The summed E-state index contributed by atoms with van der Waals surface area (Å²) in [5, 5.41) is 11.2. The van der Waals surface area contributed by atoms with E-state index < -0.39 is 6.61 Å². The van der Waals surface area contributed by atoms with Gasteiger partial charge in [0.15, 0.2) is 11.9 Å². The number of halogens is 2. The van der Waals surface area contributed by atoms with E-state index in [2.05, 4.69) is 4.74 Å². The first-order valence-corrected chi connectivity index (χ1v) is 3.92. The van der Waals surface area contributed by atoms with Crippen LogP contribution in [0.3, 0.4) is 0 Å². The zero-order valence-electron chi connectivity index (χ0n) is 7.54. The van der Waals surface area contributed by atoms with Crippen molar-refractivity contribution < 1.29 is 18.2 Å². The van der Waals surface area contributed by atoms with Gasteiger partial charge < -0.3 is 15.7 Å². The van der Waals surface area contributed by atoms with E-state index in [1.165, 1.54) is 12.3 Å². The highest BCUT2D eigenvalue weighted by Gasteiger charge is 2.16. The third-order valence-electron chi connectivity index (χ3n) is 1.64. The molecule has 0 spiro atoms. The second kappa shape index (κ2) is 4.19. The van der Waals surface area contributed by atoms with Crippen molar-refractivity contribution in [3.8, 4) is 5.75 Å². The lowest BCUT2D eigenvalue weighted by molar-refractivity contribution is -0.615. The Kier molecular flexibility index (Phi) is 3.19. The van der Waals surface area contributed by atoms with Crippen LogP contribution in [0.25, 0.3) is 0 Å². The smallest absolute Gasteiger partial charge is 0.387 e. The third kappa shape index (κ3) is 2.29. The summed E-state index contributed by atoms with van der Waals surface area (Å²) in [4.78, 5) is 0. The molecular formula is C8H10F2N2O2. The maximum absolute atomic E-state index is 11.9. The average Bonchev–Trinajstić information content (AvgIpc) is 2.01. The Balaban J connectivity index is 3.11. The van der Waals surface area contributed by atoms with Gasteiger partial charge in [0.1, 0.15) is 0 Å². The molecule has 0 aromatic carbocycles. The summed E-state index contributed by atoms with van der Waals surface area (Å²) >= 11 is 0. The molecule has 0 aliphatic rings. The monoisotopic (exact) mass is 204 g/mol. The normalized spacial score (nSPS) is 10.6. The molecule has 78 valence electrons. The minimum absolute atomic E-state index is 0.00380. The van der Waals surface area contributed by atoms with Crippen LogP contribution >= 0.6 is 0 Å². The summed E-state index contributed by atoms with van der Waals surface area (Å²) in [6.45, 7) is -1.50. The van der Waals surface area contributed by atoms with Crippen LogP contribution in [0.5, 0.6) is 5.75 Å². The third-order valence-corrected chi connectivity index (χ3v) is 1.64. The predicted molar refractivity (Wildman–Crippen MR) is 44.7 cm³/mol. The molecule has 1 aromatic rings. The Labute approximate surface area is 79.5 Å². The van der Waals surface area contributed by atoms with Gasteiger partial charge in [-0.05, 0) is 13.0 Å². The summed E-state index contributed by atoms with van der Waals surface area (Å²) in [6.07, 6.45) is 1.25. The summed E-state index contributed by atoms with van der Waals surface area (Å²) in [7, 11) is 0. The van der Waals surface area contributed by atoms with Gasteiger partial charge >= 0.3 is 6.61 Å². The summed E-state index contributed by atoms with van der Waals surface area (Å²) in [5.41, 5.74) is 5.76. The molecule has 1 aromatic heterocycles. The fraction of sp³-hybridized carbons (Fsp3) is 0.375. The maximum atomic E-state index is 11.9. The largest absolute Gasteiger partial charge is 0.618 e. The minimum atomic E-state index is -2.96. The van der Waals surface area contributed by atoms with E-state index in [1.54, 1.807) is 6.92 Å². The molecule has 0 atom stereocenters. The van der Waals surface area contributed by atoms with E-state index >= 15 is 0 Å². The molecule has 0 amide bonds. The highest BCUT2D eigenvalue weighted by Crippen LogP contribution is 2.18. The Bertz CT molecular complexity index is 331. The van der Waals surface area contributed by atoms with Crippen molar-refractivity contribution >= 4 is 0 Å². The summed E-state index contributed by atoms with van der Waals surface area (Å²) < 4.78 is 28.5. The van der Waals surface area contributed by atoms with Gasteiger partial charge in [0.05, 0.1) is 6.54 Å². The van der Waals surface area contributed by atoms with E-state index in [4.69, 9.17) is 5.73 Å². The summed E-state index contributed by atoms with van der Waals surface area (Å²) in [6, 6.07) is 1.35. The van der Waals surface area contributed by atoms with Gasteiger partial charge in [-0.3, -0.25) is 0 Å². The number of nitrogens with zero attached hydrogens (tertiary/aromatic N) is 1. The number of pyridine rings is 1. The van der Waals surface area contributed by atoms with Crippen molar-refractivity contribution in [2.45, 2.75) is 20.1 Å². The molecule has 1 rings (SSSR count). The Morgan fingerprint density at radius 1 is 1.64 bits per heavy atom. The van der Waals surface area contributed by atoms with Crippen molar-refractivity contribution in [1.29, 1.82) is 0 Å². The maximum Gasteiger partial charge on any atom is 0.387 e. The number of hydrogen-bond acceptors (Lipinski definition) is 3. The number of nitrogens with two attached hydrogens (primary N) is 1. The molecule has 6 heteroatoms.